The Hall–Kier alpha value is -1.16. The van der Waals surface area contributed by atoms with E-state index < -0.39 is 0 Å². The fraction of sp³-hybridized carbons (Fsp3) is 0.250. The zero-order valence-corrected chi connectivity index (χ0v) is 7.80. The van der Waals surface area contributed by atoms with Crippen molar-refractivity contribution in [3.8, 4) is 10.6 Å². The summed E-state index contributed by atoms with van der Waals surface area (Å²) in [6, 6.07) is 0. The molecule has 2 aromatic rings. The van der Waals surface area contributed by atoms with Gasteiger partial charge in [0.1, 0.15) is 5.01 Å². The van der Waals surface area contributed by atoms with E-state index in [1.165, 1.54) is 4.88 Å². The summed E-state index contributed by atoms with van der Waals surface area (Å²) in [4.78, 5) is 5.49. The molecule has 0 saturated carbocycles. The van der Waals surface area contributed by atoms with Crippen LogP contribution in [0.2, 0.25) is 0 Å². The first kappa shape index (κ1) is 7.49. The Morgan fingerprint density at radius 2 is 2.25 bits per heavy atom. The van der Waals surface area contributed by atoms with E-state index in [0.29, 0.717) is 0 Å². The van der Waals surface area contributed by atoms with Crippen LogP contribution in [-0.4, -0.2) is 14.8 Å². The molecule has 0 spiro atoms. The number of aryl methyl sites for hydroxylation is 2. The lowest BCUT2D eigenvalue weighted by atomic mass is 10.4. The molecule has 0 aliphatic carbocycles. The molecule has 0 amide bonds. The van der Waals surface area contributed by atoms with Gasteiger partial charge in [0.05, 0.1) is 6.20 Å². The van der Waals surface area contributed by atoms with E-state index in [9.17, 15) is 0 Å². The minimum absolute atomic E-state index is 1.04. The second-order valence-corrected chi connectivity index (χ2v) is 3.91. The Morgan fingerprint density at radius 3 is 2.75 bits per heavy atom. The highest BCUT2D eigenvalue weighted by Crippen LogP contribution is 2.23. The Kier molecular flexibility index (Phi) is 1.69. The smallest absolute Gasteiger partial charge is 0.126 e. The van der Waals surface area contributed by atoms with E-state index in [2.05, 4.69) is 17.0 Å². The molecule has 0 aliphatic heterocycles. The molecule has 0 aromatic carbocycles. The highest BCUT2D eigenvalue weighted by Gasteiger charge is 2.03. The predicted molar refractivity (Wildman–Crippen MR) is 49.1 cm³/mol. The van der Waals surface area contributed by atoms with Gasteiger partial charge in [-0.15, -0.1) is 11.3 Å². The lowest BCUT2D eigenvalue weighted by molar-refractivity contribution is 0.768. The van der Waals surface area contributed by atoms with Crippen molar-refractivity contribution in [1.29, 1.82) is 0 Å². The van der Waals surface area contributed by atoms with Crippen LogP contribution in [0.25, 0.3) is 10.6 Å². The van der Waals surface area contributed by atoms with Crippen LogP contribution >= 0.6 is 11.3 Å². The quantitative estimate of drug-likeness (QED) is 0.669. The van der Waals surface area contributed by atoms with Gasteiger partial charge in [-0.2, -0.15) is 5.10 Å². The zero-order chi connectivity index (χ0) is 8.55. The van der Waals surface area contributed by atoms with Crippen molar-refractivity contribution < 1.29 is 0 Å². The molecule has 0 unspecified atom stereocenters. The largest absolute Gasteiger partial charge is 0.275 e. The average molecular weight is 179 g/mol. The Morgan fingerprint density at radius 1 is 1.42 bits per heavy atom. The second kappa shape index (κ2) is 2.71. The minimum atomic E-state index is 1.04. The van der Waals surface area contributed by atoms with Crippen molar-refractivity contribution in [2.24, 2.45) is 7.05 Å². The van der Waals surface area contributed by atoms with Gasteiger partial charge in [0.25, 0.3) is 0 Å². The van der Waals surface area contributed by atoms with Crippen molar-refractivity contribution >= 4 is 11.3 Å². The van der Waals surface area contributed by atoms with Gasteiger partial charge < -0.3 is 0 Å². The SMILES string of the molecule is Cc1cnc(-c2cnn(C)c2)s1. The van der Waals surface area contributed by atoms with Crippen LogP contribution in [0.15, 0.2) is 18.6 Å². The van der Waals surface area contributed by atoms with Gasteiger partial charge in [-0.3, -0.25) is 4.68 Å². The minimum Gasteiger partial charge on any atom is -0.275 e. The topological polar surface area (TPSA) is 30.7 Å². The number of aromatic nitrogens is 3. The van der Waals surface area contributed by atoms with Crippen molar-refractivity contribution in [3.63, 3.8) is 0 Å². The van der Waals surface area contributed by atoms with Crippen molar-refractivity contribution in [2.75, 3.05) is 0 Å². The van der Waals surface area contributed by atoms with Crippen LogP contribution < -0.4 is 0 Å². The van der Waals surface area contributed by atoms with Crippen LogP contribution in [0.1, 0.15) is 4.88 Å². The zero-order valence-electron chi connectivity index (χ0n) is 6.98. The van der Waals surface area contributed by atoms with Crippen molar-refractivity contribution in [2.45, 2.75) is 6.92 Å². The van der Waals surface area contributed by atoms with E-state index in [1.54, 1.807) is 16.0 Å². The van der Waals surface area contributed by atoms with E-state index in [1.807, 2.05) is 25.6 Å². The summed E-state index contributed by atoms with van der Waals surface area (Å²) in [7, 11) is 1.91. The molecule has 2 heterocycles. The summed E-state index contributed by atoms with van der Waals surface area (Å²) in [5.74, 6) is 0. The van der Waals surface area contributed by atoms with E-state index in [-0.39, 0.29) is 0 Å². The molecule has 4 heteroatoms. The summed E-state index contributed by atoms with van der Waals surface area (Å²) < 4.78 is 1.78. The summed E-state index contributed by atoms with van der Waals surface area (Å²) in [5.41, 5.74) is 1.09. The second-order valence-electron chi connectivity index (χ2n) is 2.68. The maximum absolute atomic E-state index is 4.26. The highest BCUT2D eigenvalue weighted by molar-refractivity contribution is 7.14. The number of thiazole rings is 1. The molecular formula is C8H9N3S. The van der Waals surface area contributed by atoms with Crippen LogP contribution in [0, 0.1) is 6.92 Å². The molecular weight excluding hydrogens is 170 g/mol. The van der Waals surface area contributed by atoms with Gasteiger partial charge in [-0.25, -0.2) is 4.98 Å². The molecule has 0 fully saturated rings. The number of hydrogen-bond acceptors (Lipinski definition) is 3. The van der Waals surface area contributed by atoms with Gasteiger partial charge in [-0.1, -0.05) is 0 Å². The van der Waals surface area contributed by atoms with Crippen LogP contribution in [0.4, 0.5) is 0 Å². The Labute approximate surface area is 74.7 Å². The molecule has 2 aromatic heterocycles. The van der Waals surface area contributed by atoms with Gasteiger partial charge in [0.2, 0.25) is 0 Å². The monoisotopic (exact) mass is 179 g/mol. The maximum Gasteiger partial charge on any atom is 0.126 e. The molecule has 0 N–H and O–H groups in total. The van der Waals surface area contributed by atoms with Gasteiger partial charge >= 0.3 is 0 Å². The van der Waals surface area contributed by atoms with Gasteiger partial charge in [0.15, 0.2) is 0 Å². The fourth-order valence-corrected chi connectivity index (χ4v) is 1.76. The van der Waals surface area contributed by atoms with Crippen LogP contribution in [0.5, 0.6) is 0 Å². The van der Waals surface area contributed by atoms with Crippen molar-refractivity contribution in [1.82, 2.24) is 14.8 Å². The maximum atomic E-state index is 4.26. The Balaban J connectivity index is 2.43. The molecule has 0 radical (unpaired) electrons. The Bertz CT molecular complexity index is 350. The van der Waals surface area contributed by atoms with Gasteiger partial charge in [-0.05, 0) is 6.92 Å². The molecule has 62 valence electrons. The first-order valence-electron chi connectivity index (χ1n) is 3.67. The third-order valence-electron chi connectivity index (χ3n) is 1.57. The number of rotatable bonds is 1. The lowest BCUT2D eigenvalue weighted by Gasteiger charge is -1.85. The molecule has 0 saturated heterocycles. The first-order chi connectivity index (χ1) is 5.75. The normalized spacial score (nSPS) is 10.5. The third-order valence-corrected chi connectivity index (χ3v) is 2.53. The van der Waals surface area contributed by atoms with Crippen molar-refractivity contribution in [3.05, 3.63) is 23.5 Å². The third kappa shape index (κ3) is 1.25. The fourth-order valence-electron chi connectivity index (χ4n) is 1.02. The molecule has 0 atom stereocenters. The highest BCUT2D eigenvalue weighted by atomic mass is 32.1. The number of hydrogen-bond donors (Lipinski definition) is 0. The van der Waals surface area contributed by atoms with E-state index >= 15 is 0 Å². The molecule has 0 bridgehead atoms. The van der Waals surface area contributed by atoms with E-state index in [0.717, 1.165) is 10.6 Å². The molecule has 3 nitrogen and oxygen atoms in total. The number of nitrogens with zero attached hydrogens (tertiary/aromatic N) is 3. The first-order valence-corrected chi connectivity index (χ1v) is 4.49. The molecule has 0 aliphatic rings. The average Bonchev–Trinajstić information content (AvgIpc) is 2.58. The van der Waals surface area contributed by atoms with E-state index in [4.69, 9.17) is 0 Å². The molecule has 2 rings (SSSR count). The predicted octanol–water partition coefficient (Wildman–Crippen LogP) is 1.85. The molecule has 12 heavy (non-hydrogen) atoms. The summed E-state index contributed by atoms with van der Waals surface area (Å²) in [6.45, 7) is 2.05. The lowest BCUT2D eigenvalue weighted by Crippen LogP contribution is -1.83. The van der Waals surface area contributed by atoms with Gasteiger partial charge in [0, 0.05) is 29.9 Å². The summed E-state index contributed by atoms with van der Waals surface area (Å²) in [6.07, 6.45) is 5.68. The summed E-state index contributed by atoms with van der Waals surface area (Å²) in [5, 5.41) is 5.13. The van der Waals surface area contributed by atoms with Crippen LogP contribution in [0.3, 0.4) is 0 Å². The standard InChI is InChI=1S/C8H9N3S/c1-6-3-9-8(12-6)7-4-10-11(2)5-7/h3-5H,1-2H3. The van der Waals surface area contributed by atoms with Crippen LogP contribution in [-0.2, 0) is 7.05 Å². The summed E-state index contributed by atoms with van der Waals surface area (Å²) >= 11 is 1.69.